The van der Waals surface area contributed by atoms with Crippen molar-refractivity contribution in [3.63, 3.8) is 0 Å². The summed E-state index contributed by atoms with van der Waals surface area (Å²) in [6.45, 7) is 8.51. The second kappa shape index (κ2) is 5.64. The first-order valence-corrected chi connectivity index (χ1v) is 8.37. The van der Waals surface area contributed by atoms with Gasteiger partial charge >= 0.3 is 0 Å². The number of nitrogens with zero attached hydrogens (tertiary/aromatic N) is 1. The average molecular weight is 310 g/mol. The molecule has 2 aromatic rings. The molecule has 0 spiro atoms. The van der Waals surface area contributed by atoms with Crippen molar-refractivity contribution in [1.82, 2.24) is 4.57 Å². The Labute approximate surface area is 138 Å². The van der Waals surface area contributed by atoms with E-state index in [1.807, 2.05) is 41.8 Å². The molecule has 3 heteroatoms. The molecular formula is C20H26N2O. The minimum Gasteiger partial charge on any atom is -0.320 e. The lowest BCUT2D eigenvalue weighted by atomic mass is 9.89. The summed E-state index contributed by atoms with van der Waals surface area (Å²) in [5, 5.41) is 0. The first-order valence-electron chi connectivity index (χ1n) is 8.37. The van der Waals surface area contributed by atoms with Gasteiger partial charge in [-0.15, -0.1) is 0 Å². The molecule has 1 aliphatic rings. The van der Waals surface area contributed by atoms with Crippen molar-refractivity contribution in [1.29, 1.82) is 0 Å². The fourth-order valence-corrected chi connectivity index (χ4v) is 3.07. The van der Waals surface area contributed by atoms with E-state index in [1.165, 1.54) is 5.56 Å². The zero-order valence-electron chi connectivity index (χ0n) is 14.5. The predicted octanol–water partition coefficient (Wildman–Crippen LogP) is 3.84. The van der Waals surface area contributed by atoms with Crippen LogP contribution in [0.15, 0.2) is 41.2 Å². The molecule has 2 N–H and O–H groups in total. The van der Waals surface area contributed by atoms with Crippen molar-refractivity contribution >= 4 is 0 Å². The number of pyridine rings is 1. The highest BCUT2D eigenvalue weighted by Gasteiger charge is 2.31. The molecule has 0 aliphatic heterocycles. The first kappa shape index (κ1) is 16.0. The van der Waals surface area contributed by atoms with Crippen LogP contribution in [0.1, 0.15) is 68.1 Å². The zero-order valence-corrected chi connectivity index (χ0v) is 14.5. The van der Waals surface area contributed by atoms with E-state index in [9.17, 15) is 4.79 Å². The van der Waals surface area contributed by atoms with Crippen LogP contribution < -0.4 is 11.3 Å². The van der Waals surface area contributed by atoms with E-state index in [-0.39, 0.29) is 17.0 Å². The van der Waals surface area contributed by atoms with Gasteiger partial charge in [0.25, 0.3) is 5.56 Å². The number of hydrogen-bond donors (Lipinski definition) is 1. The van der Waals surface area contributed by atoms with E-state index in [4.69, 9.17) is 5.73 Å². The molecule has 0 amide bonds. The number of rotatable bonds is 3. The molecule has 1 heterocycles. The smallest absolute Gasteiger partial charge is 0.256 e. The molecule has 1 atom stereocenters. The predicted molar refractivity (Wildman–Crippen MR) is 94.9 cm³/mol. The molecule has 1 aromatic carbocycles. The molecule has 3 rings (SSSR count). The van der Waals surface area contributed by atoms with E-state index >= 15 is 0 Å². The first-order chi connectivity index (χ1) is 10.8. The van der Waals surface area contributed by atoms with Gasteiger partial charge in [0.05, 0.1) is 6.04 Å². The highest BCUT2D eigenvalue weighted by Crippen LogP contribution is 2.37. The summed E-state index contributed by atoms with van der Waals surface area (Å²) in [6, 6.07) is 12.1. The summed E-state index contributed by atoms with van der Waals surface area (Å²) in [4.78, 5) is 13.1. The second-order valence-corrected chi connectivity index (χ2v) is 7.72. The van der Waals surface area contributed by atoms with E-state index in [0.717, 1.165) is 24.1 Å². The van der Waals surface area contributed by atoms with E-state index in [0.29, 0.717) is 11.6 Å². The molecule has 0 radical (unpaired) electrons. The Bertz CT molecular complexity index is 762. The van der Waals surface area contributed by atoms with E-state index in [2.05, 4.69) is 26.8 Å². The van der Waals surface area contributed by atoms with Gasteiger partial charge in [-0.3, -0.25) is 4.79 Å². The van der Waals surface area contributed by atoms with Gasteiger partial charge < -0.3 is 10.3 Å². The van der Waals surface area contributed by atoms with E-state index in [1.54, 1.807) is 0 Å². The van der Waals surface area contributed by atoms with Gasteiger partial charge in [0.2, 0.25) is 0 Å². The summed E-state index contributed by atoms with van der Waals surface area (Å²) in [6.07, 6.45) is 2.18. The number of hydrogen-bond acceptors (Lipinski definition) is 2. The maximum absolute atomic E-state index is 13.1. The molecular weight excluding hydrogens is 284 g/mol. The Morgan fingerprint density at radius 3 is 2.22 bits per heavy atom. The maximum Gasteiger partial charge on any atom is 0.256 e. The lowest BCUT2D eigenvalue weighted by Crippen LogP contribution is -2.33. The molecule has 1 aliphatic carbocycles. The number of aromatic nitrogens is 1. The Morgan fingerprint density at radius 2 is 1.70 bits per heavy atom. The molecule has 3 nitrogen and oxygen atoms in total. The van der Waals surface area contributed by atoms with Gasteiger partial charge in [0, 0.05) is 22.7 Å². The molecule has 0 bridgehead atoms. The largest absolute Gasteiger partial charge is 0.320 e. The molecule has 1 fully saturated rings. The van der Waals surface area contributed by atoms with Crippen LogP contribution in [0.2, 0.25) is 0 Å². The van der Waals surface area contributed by atoms with Crippen LogP contribution >= 0.6 is 0 Å². The lowest BCUT2D eigenvalue weighted by Gasteiger charge is -2.26. The van der Waals surface area contributed by atoms with Crippen LogP contribution in [0, 0.1) is 6.92 Å². The van der Waals surface area contributed by atoms with Crippen LogP contribution in [0.4, 0.5) is 0 Å². The molecule has 0 saturated heterocycles. The molecule has 1 unspecified atom stereocenters. The third kappa shape index (κ3) is 3.11. The van der Waals surface area contributed by atoms with Gasteiger partial charge in [-0.05, 0) is 37.5 Å². The monoisotopic (exact) mass is 310 g/mol. The van der Waals surface area contributed by atoms with Crippen molar-refractivity contribution in [2.45, 2.75) is 58.0 Å². The number of nitrogens with two attached hydrogens (primary N) is 1. The standard InChI is InChI=1S/C20H26N2O/c1-13-5-7-14(8-6-13)18(21)16-11-12-17(20(2,3)4)22(19(16)23)15-9-10-15/h5-8,11-12,15,18H,9-10,21H2,1-4H3. The van der Waals surface area contributed by atoms with Gasteiger partial charge in [-0.25, -0.2) is 0 Å². The highest BCUT2D eigenvalue weighted by atomic mass is 16.1. The number of aryl methyl sites for hydroxylation is 1. The highest BCUT2D eigenvalue weighted by molar-refractivity contribution is 5.34. The van der Waals surface area contributed by atoms with E-state index < -0.39 is 0 Å². The summed E-state index contributed by atoms with van der Waals surface area (Å²) < 4.78 is 1.99. The Kier molecular flexibility index (Phi) is 3.93. The minimum atomic E-state index is -0.373. The Hall–Kier alpha value is -1.87. The molecule has 1 saturated carbocycles. The topological polar surface area (TPSA) is 48.0 Å². The summed E-state index contributed by atoms with van der Waals surface area (Å²) in [5.41, 5.74) is 10.4. The Morgan fingerprint density at radius 1 is 1.09 bits per heavy atom. The maximum atomic E-state index is 13.1. The SMILES string of the molecule is Cc1ccc(C(N)c2ccc(C(C)(C)C)n(C3CC3)c2=O)cc1. The van der Waals surface area contributed by atoms with Crippen molar-refractivity contribution in [3.8, 4) is 0 Å². The Balaban J connectivity index is 2.09. The molecule has 23 heavy (non-hydrogen) atoms. The summed E-state index contributed by atoms with van der Waals surface area (Å²) >= 11 is 0. The number of benzene rings is 1. The van der Waals surface area contributed by atoms with Gasteiger partial charge in [-0.2, -0.15) is 0 Å². The average Bonchev–Trinajstić information content (AvgIpc) is 3.30. The quantitative estimate of drug-likeness (QED) is 0.936. The van der Waals surface area contributed by atoms with Gasteiger partial charge in [0.15, 0.2) is 0 Å². The second-order valence-electron chi connectivity index (χ2n) is 7.72. The van der Waals surface area contributed by atoms with Crippen molar-refractivity contribution in [2.24, 2.45) is 5.73 Å². The normalized spacial score (nSPS) is 16.4. The van der Waals surface area contributed by atoms with Crippen LogP contribution in [-0.2, 0) is 5.41 Å². The van der Waals surface area contributed by atoms with Crippen LogP contribution in [0.3, 0.4) is 0 Å². The van der Waals surface area contributed by atoms with Gasteiger partial charge in [0.1, 0.15) is 0 Å². The third-order valence-corrected chi connectivity index (χ3v) is 4.60. The third-order valence-electron chi connectivity index (χ3n) is 4.60. The molecule has 122 valence electrons. The fourth-order valence-electron chi connectivity index (χ4n) is 3.07. The van der Waals surface area contributed by atoms with Crippen LogP contribution in [0.5, 0.6) is 0 Å². The van der Waals surface area contributed by atoms with Crippen molar-refractivity contribution in [3.05, 3.63) is 69.1 Å². The fraction of sp³-hybridized carbons (Fsp3) is 0.450. The lowest BCUT2D eigenvalue weighted by molar-refractivity contribution is 0.502. The van der Waals surface area contributed by atoms with Gasteiger partial charge in [-0.1, -0.05) is 50.6 Å². The minimum absolute atomic E-state index is 0.0474. The molecule has 1 aromatic heterocycles. The van der Waals surface area contributed by atoms with Crippen molar-refractivity contribution in [2.75, 3.05) is 0 Å². The van der Waals surface area contributed by atoms with Crippen LogP contribution in [0.25, 0.3) is 0 Å². The summed E-state index contributed by atoms with van der Waals surface area (Å²) in [7, 11) is 0. The van der Waals surface area contributed by atoms with Crippen LogP contribution in [-0.4, -0.2) is 4.57 Å². The zero-order chi connectivity index (χ0) is 16.8. The van der Waals surface area contributed by atoms with Crippen molar-refractivity contribution < 1.29 is 0 Å². The summed E-state index contributed by atoms with van der Waals surface area (Å²) in [5.74, 6) is 0.